The fourth-order valence-corrected chi connectivity index (χ4v) is 3.64. The summed E-state index contributed by atoms with van der Waals surface area (Å²) in [5.41, 5.74) is 3.62. The molecule has 0 amide bonds. The summed E-state index contributed by atoms with van der Waals surface area (Å²) in [5.74, 6) is -0.374. The largest absolute Gasteiger partial charge is 0.573 e. The molecule has 36 heavy (non-hydrogen) atoms. The average Bonchev–Trinajstić information content (AvgIpc) is 3.22. The lowest BCUT2D eigenvalue weighted by atomic mass is 10.1. The lowest BCUT2D eigenvalue weighted by molar-refractivity contribution is -0.274. The van der Waals surface area contributed by atoms with Crippen molar-refractivity contribution < 1.29 is 35.9 Å². The number of alkyl halides is 6. The lowest BCUT2D eigenvalue weighted by Gasteiger charge is -2.10. The smallest absolute Gasteiger partial charge is 0.406 e. The maximum Gasteiger partial charge on any atom is 0.573 e. The number of carbonyl (C=O) groups excluding carboxylic acids is 1. The van der Waals surface area contributed by atoms with E-state index in [4.69, 9.17) is 0 Å². The third-order valence-corrected chi connectivity index (χ3v) is 5.27. The van der Waals surface area contributed by atoms with Crippen LogP contribution < -0.4 is 4.74 Å². The van der Waals surface area contributed by atoms with E-state index >= 15 is 0 Å². The second-order valence-corrected chi connectivity index (χ2v) is 7.99. The second kappa shape index (κ2) is 9.88. The maximum atomic E-state index is 12.7. The van der Waals surface area contributed by atoms with E-state index < -0.39 is 19.0 Å². The monoisotopic (exact) mass is 504 g/mol. The molecule has 0 radical (unpaired) electrons. The van der Waals surface area contributed by atoms with Gasteiger partial charge in [0.05, 0.1) is 24.4 Å². The van der Waals surface area contributed by atoms with E-state index in [1.807, 2.05) is 0 Å². The third kappa shape index (κ3) is 6.53. The predicted octanol–water partition coefficient (Wildman–Crippen LogP) is 7.08. The SMILES string of the molecule is O=Cc1ccc(Cn2nc(-c3ccc(OC(F)(F)F)cc3)cc2-c2ccc(CC(F)(F)F)cc2)cc1. The standard InChI is InChI=1S/C26H18F6N2O2/c27-25(28,29)14-17-5-7-21(8-6-17)24-13-23(20-9-11-22(12-10-20)36-26(30,31)32)33-34(24)15-18-1-3-19(16-35)4-2-18/h1-13,16H,14-15H2. The molecule has 4 rings (SSSR count). The van der Waals surface area contributed by atoms with Crippen molar-refractivity contribution in [2.75, 3.05) is 0 Å². The summed E-state index contributed by atoms with van der Waals surface area (Å²) < 4.78 is 81.1. The summed E-state index contributed by atoms with van der Waals surface area (Å²) in [4.78, 5) is 10.9. The molecule has 0 aliphatic rings. The Morgan fingerprint density at radius 2 is 1.36 bits per heavy atom. The molecule has 0 fully saturated rings. The van der Waals surface area contributed by atoms with Crippen LogP contribution in [0.3, 0.4) is 0 Å². The molecule has 3 aromatic carbocycles. The number of aromatic nitrogens is 2. The number of rotatable bonds is 7. The minimum atomic E-state index is -4.81. The number of aldehydes is 1. The van der Waals surface area contributed by atoms with Gasteiger partial charge in [0.15, 0.2) is 0 Å². The summed E-state index contributed by atoms with van der Waals surface area (Å²) in [5, 5.41) is 4.58. The Balaban J connectivity index is 1.68. The molecule has 0 atom stereocenters. The summed E-state index contributed by atoms with van der Waals surface area (Å²) in [6.45, 7) is 0.286. The fraction of sp³-hybridized carbons (Fsp3) is 0.154. The molecule has 4 nitrogen and oxygen atoms in total. The highest BCUT2D eigenvalue weighted by molar-refractivity contribution is 5.74. The Morgan fingerprint density at radius 3 is 1.92 bits per heavy atom. The third-order valence-electron chi connectivity index (χ3n) is 5.27. The highest BCUT2D eigenvalue weighted by atomic mass is 19.4. The van der Waals surface area contributed by atoms with E-state index in [0.717, 1.165) is 11.8 Å². The molecule has 4 aromatic rings. The molecular formula is C26H18F6N2O2. The Hall–Kier alpha value is -4.08. The van der Waals surface area contributed by atoms with Gasteiger partial charge >= 0.3 is 12.5 Å². The first-order valence-electron chi connectivity index (χ1n) is 10.6. The summed E-state index contributed by atoms with van der Waals surface area (Å²) in [6, 6.07) is 19.6. The van der Waals surface area contributed by atoms with Gasteiger partial charge in [-0.15, -0.1) is 13.2 Å². The normalized spacial score (nSPS) is 11.9. The molecule has 0 N–H and O–H groups in total. The first-order chi connectivity index (χ1) is 17.0. The molecule has 0 saturated carbocycles. The number of hydrogen-bond donors (Lipinski definition) is 0. The molecule has 0 unspecified atom stereocenters. The first-order valence-corrected chi connectivity index (χ1v) is 10.6. The van der Waals surface area contributed by atoms with Gasteiger partial charge in [-0.3, -0.25) is 9.48 Å². The summed E-state index contributed by atoms with van der Waals surface area (Å²) in [7, 11) is 0. The van der Waals surface area contributed by atoms with Gasteiger partial charge in [-0.25, -0.2) is 0 Å². The van der Waals surface area contributed by atoms with Crippen LogP contribution in [0.1, 0.15) is 21.5 Å². The molecule has 0 spiro atoms. The van der Waals surface area contributed by atoms with Crippen LogP contribution in [0.4, 0.5) is 26.3 Å². The van der Waals surface area contributed by atoms with Gasteiger partial charge in [-0.1, -0.05) is 48.5 Å². The van der Waals surface area contributed by atoms with Gasteiger partial charge in [0.25, 0.3) is 0 Å². The van der Waals surface area contributed by atoms with Gasteiger partial charge in [-0.2, -0.15) is 18.3 Å². The van der Waals surface area contributed by atoms with E-state index in [-0.39, 0.29) is 17.9 Å². The quantitative estimate of drug-likeness (QED) is 0.200. The highest BCUT2D eigenvalue weighted by Crippen LogP contribution is 2.30. The Morgan fingerprint density at radius 1 is 0.778 bits per heavy atom. The number of nitrogens with zero attached hydrogens (tertiary/aromatic N) is 2. The van der Waals surface area contributed by atoms with Crippen molar-refractivity contribution in [2.24, 2.45) is 0 Å². The zero-order valence-corrected chi connectivity index (χ0v) is 18.5. The van der Waals surface area contributed by atoms with Crippen LogP contribution in [-0.2, 0) is 13.0 Å². The molecule has 1 heterocycles. The molecule has 0 saturated heterocycles. The van der Waals surface area contributed by atoms with E-state index in [1.165, 1.54) is 36.4 Å². The molecule has 0 aliphatic carbocycles. The summed E-state index contributed by atoms with van der Waals surface area (Å²) in [6.07, 6.45) is -9.47. The van der Waals surface area contributed by atoms with E-state index in [2.05, 4.69) is 9.84 Å². The van der Waals surface area contributed by atoms with Crippen molar-refractivity contribution in [2.45, 2.75) is 25.5 Å². The minimum Gasteiger partial charge on any atom is -0.406 e. The van der Waals surface area contributed by atoms with Crippen molar-refractivity contribution in [3.8, 4) is 28.3 Å². The maximum absolute atomic E-state index is 12.7. The average molecular weight is 504 g/mol. The van der Waals surface area contributed by atoms with Gasteiger partial charge in [0.2, 0.25) is 0 Å². The minimum absolute atomic E-state index is 0.113. The van der Waals surface area contributed by atoms with Crippen molar-refractivity contribution in [1.29, 1.82) is 0 Å². The van der Waals surface area contributed by atoms with Crippen molar-refractivity contribution in [1.82, 2.24) is 9.78 Å². The predicted molar refractivity (Wildman–Crippen MR) is 120 cm³/mol. The topological polar surface area (TPSA) is 44.1 Å². The van der Waals surface area contributed by atoms with Crippen LogP contribution in [0.2, 0.25) is 0 Å². The van der Waals surface area contributed by atoms with Crippen LogP contribution in [-0.4, -0.2) is 28.6 Å². The van der Waals surface area contributed by atoms with Gasteiger partial charge in [-0.05, 0) is 47.0 Å². The van der Waals surface area contributed by atoms with E-state index in [9.17, 15) is 31.1 Å². The van der Waals surface area contributed by atoms with Gasteiger partial charge < -0.3 is 4.74 Å². The van der Waals surface area contributed by atoms with Crippen LogP contribution >= 0.6 is 0 Å². The van der Waals surface area contributed by atoms with Crippen LogP contribution in [0.25, 0.3) is 22.5 Å². The zero-order chi connectivity index (χ0) is 25.9. The van der Waals surface area contributed by atoms with Crippen LogP contribution in [0.15, 0.2) is 78.9 Å². The fourth-order valence-electron chi connectivity index (χ4n) is 3.64. The molecular weight excluding hydrogens is 486 g/mol. The number of halogens is 6. The second-order valence-electron chi connectivity index (χ2n) is 7.99. The lowest BCUT2D eigenvalue weighted by Crippen LogP contribution is -2.16. The number of hydrogen-bond acceptors (Lipinski definition) is 3. The van der Waals surface area contributed by atoms with E-state index in [0.29, 0.717) is 28.1 Å². The highest BCUT2D eigenvalue weighted by Gasteiger charge is 2.31. The van der Waals surface area contributed by atoms with Crippen LogP contribution in [0, 0.1) is 0 Å². The van der Waals surface area contributed by atoms with Crippen LogP contribution in [0.5, 0.6) is 5.75 Å². The van der Waals surface area contributed by atoms with Crippen molar-refractivity contribution >= 4 is 6.29 Å². The Bertz CT molecular complexity index is 1320. The summed E-state index contributed by atoms with van der Waals surface area (Å²) >= 11 is 0. The molecule has 10 heteroatoms. The molecule has 1 aromatic heterocycles. The number of carbonyl (C=O) groups is 1. The van der Waals surface area contributed by atoms with E-state index in [1.54, 1.807) is 47.1 Å². The molecule has 186 valence electrons. The van der Waals surface area contributed by atoms with Crippen molar-refractivity contribution in [3.63, 3.8) is 0 Å². The van der Waals surface area contributed by atoms with Crippen molar-refractivity contribution in [3.05, 3.63) is 95.6 Å². The first kappa shape index (κ1) is 25.0. The molecule has 0 aliphatic heterocycles. The van der Waals surface area contributed by atoms with Gasteiger partial charge in [0.1, 0.15) is 12.0 Å². The Kier molecular flexibility index (Phi) is 6.87. The Labute approximate surface area is 201 Å². The van der Waals surface area contributed by atoms with Gasteiger partial charge in [0, 0.05) is 11.1 Å². The number of benzene rings is 3. The molecule has 0 bridgehead atoms. The number of ether oxygens (including phenoxy) is 1. The zero-order valence-electron chi connectivity index (χ0n) is 18.5.